The van der Waals surface area contributed by atoms with Crippen molar-refractivity contribution in [2.45, 2.75) is 17.5 Å². The van der Waals surface area contributed by atoms with Gasteiger partial charge in [-0.1, -0.05) is 0 Å². The number of hydrogen-bond donors (Lipinski definition) is 1. The number of halogens is 5. The summed E-state index contributed by atoms with van der Waals surface area (Å²) < 4.78 is 106. The molecule has 3 rings (SSSR count). The molecule has 0 radical (unpaired) electrons. The zero-order chi connectivity index (χ0) is 23.8. The molecule has 2 heterocycles. The van der Waals surface area contributed by atoms with E-state index in [0.717, 1.165) is 10.7 Å². The van der Waals surface area contributed by atoms with Crippen LogP contribution in [0.25, 0.3) is 17.0 Å². The van der Waals surface area contributed by atoms with Gasteiger partial charge in [-0.3, -0.25) is 0 Å². The third-order valence-corrected chi connectivity index (χ3v) is 4.95. The van der Waals surface area contributed by atoms with Gasteiger partial charge in [0, 0.05) is 0 Å². The molecule has 0 saturated heterocycles. The van der Waals surface area contributed by atoms with Gasteiger partial charge in [0.15, 0.2) is 17.3 Å². The fourth-order valence-electron chi connectivity index (χ4n) is 2.76. The van der Waals surface area contributed by atoms with E-state index in [4.69, 9.17) is 19.3 Å². The quantitative estimate of drug-likeness (QED) is 0.506. The predicted octanol–water partition coefficient (Wildman–Crippen LogP) is 2.12. The summed E-state index contributed by atoms with van der Waals surface area (Å²) in [6, 6.07) is 0.703. The number of primary sulfonamides is 1. The summed E-state index contributed by atoms with van der Waals surface area (Å²) in [6.07, 6.45) is -7.05. The summed E-state index contributed by atoms with van der Waals surface area (Å²) >= 11 is 0. The minimum Gasteiger partial charge on any atom is -0.491 e. The van der Waals surface area contributed by atoms with E-state index in [0.29, 0.717) is 12.1 Å². The number of benzene rings is 1. The smallest absolute Gasteiger partial charge is 0.417 e. The third-order valence-electron chi connectivity index (χ3n) is 4.01. The molecule has 0 aliphatic rings. The second-order valence-corrected chi connectivity index (χ2v) is 7.57. The van der Waals surface area contributed by atoms with Crippen LogP contribution in [0, 0.1) is 0 Å². The molecule has 16 heteroatoms. The van der Waals surface area contributed by atoms with Crippen LogP contribution in [0.2, 0.25) is 0 Å². The molecule has 0 aliphatic carbocycles. The zero-order valence-electron chi connectivity index (χ0n) is 16.2. The molecular formula is C16H14F5N5O5S. The predicted molar refractivity (Wildman–Crippen MR) is 97.2 cm³/mol. The van der Waals surface area contributed by atoms with Gasteiger partial charge in [0.05, 0.1) is 31.5 Å². The minimum absolute atomic E-state index is 0.0178. The van der Waals surface area contributed by atoms with Gasteiger partial charge in [0.1, 0.15) is 11.5 Å². The first kappa shape index (κ1) is 23.4. The van der Waals surface area contributed by atoms with Crippen molar-refractivity contribution < 1.29 is 44.6 Å². The molecule has 0 fully saturated rings. The molecule has 0 atom stereocenters. The molecule has 10 nitrogen and oxygen atoms in total. The number of aromatic nitrogens is 4. The lowest BCUT2D eigenvalue weighted by molar-refractivity contribution is -0.137. The third kappa shape index (κ3) is 4.36. The fourth-order valence-corrected chi connectivity index (χ4v) is 3.43. The Bertz CT molecular complexity index is 1220. The molecule has 2 aromatic heterocycles. The van der Waals surface area contributed by atoms with E-state index in [2.05, 4.69) is 15.1 Å². The summed E-state index contributed by atoms with van der Waals surface area (Å²) in [7, 11) is -2.25. The van der Waals surface area contributed by atoms with Crippen LogP contribution < -0.4 is 19.3 Å². The average Bonchev–Trinajstić information content (AvgIpc) is 3.14. The number of hydrogen-bond acceptors (Lipinski definition) is 8. The highest BCUT2D eigenvalue weighted by molar-refractivity contribution is 7.89. The Morgan fingerprint density at radius 1 is 1.19 bits per heavy atom. The van der Waals surface area contributed by atoms with E-state index in [9.17, 15) is 30.4 Å². The van der Waals surface area contributed by atoms with Crippen molar-refractivity contribution in [2.75, 3.05) is 20.8 Å². The molecule has 0 spiro atoms. The largest absolute Gasteiger partial charge is 0.491 e. The van der Waals surface area contributed by atoms with Gasteiger partial charge in [0.25, 0.3) is 6.43 Å². The number of rotatable bonds is 7. The number of sulfonamides is 1. The number of ether oxygens (including phenoxy) is 3. The van der Waals surface area contributed by atoms with Crippen LogP contribution in [0.15, 0.2) is 23.2 Å². The maximum atomic E-state index is 13.8. The van der Waals surface area contributed by atoms with Crippen LogP contribution in [-0.4, -0.2) is 55.3 Å². The van der Waals surface area contributed by atoms with Gasteiger partial charge in [-0.2, -0.15) is 22.7 Å². The minimum atomic E-state index is -5.07. The van der Waals surface area contributed by atoms with Gasteiger partial charge in [-0.25, -0.2) is 27.3 Å². The number of fused-ring (bicyclic) bond motifs is 1. The summed E-state index contributed by atoms with van der Waals surface area (Å²) in [5, 5.41) is 8.95. The maximum absolute atomic E-state index is 13.8. The van der Waals surface area contributed by atoms with Crippen molar-refractivity contribution in [3.05, 3.63) is 23.9 Å². The second kappa shape index (κ2) is 8.34. The molecule has 3 aromatic rings. The lowest BCUT2D eigenvalue weighted by atomic mass is 10.0. The zero-order valence-corrected chi connectivity index (χ0v) is 17.0. The molecule has 1 aromatic carbocycles. The molecule has 2 N–H and O–H groups in total. The number of alkyl halides is 5. The average molecular weight is 483 g/mol. The normalized spacial score (nSPS) is 12.4. The highest BCUT2D eigenvalue weighted by Crippen LogP contribution is 2.44. The summed E-state index contributed by atoms with van der Waals surface area (Å²) in [4.78, 5) is 6.85. The van der Waals surface area contributed by atoms with Gasteiger partial charge in [0.2, 0.25) is 15.7 Å². The molecule has 0 unspecified atom stereocenters. The molecule has 0 amide bonds. The van der Waals surface area contributed by atoms with Gasteiger partial charge >= 0.3 is 12.2 Å². The van der Waals surface area contributed by atoms with Crippen LogP contribution in [0.4, 0.5) is 22.0 Å². The first-order valence-electron chi connectivity index (χ1n) is 8.40. The van der Waals surface area contributed by atoms with Gasteiger partial charge < -0.3 is 14.2 Å². The van der Waals surface area contributed by atoms with Crippen molar-refractivity contribution in [3.63, 3.8) is 0 Å². The first-order valence-corrected chi connectivity index (χ1v) is 9.95. The van der Waals surface area contributed by atoms with E-state index < -0.39 is 56.8 Å². The molecule has 0 bridgehead atoms. The molecular weight excluding hydrogens is 469 g/mol. The second-order valence-electron chi connectivity index (χ2n) is 6.04. The highest BCUT2D eigenvalue weighted by atomic mass is 32.2. The Hall–Kier alpha value is -3.27. The van der Waals surface area contributed by atoms with Crippen LogP contribution in [0.1, 0.15) is 5.56 Å². The van der Waals surface area contributed by atoms with Crippen molar-refractivity contribution >= 4 is 15.7 Å². The van der Waals surface area contributed by atoms with E-state index in [1.54, 1.807) is 0 Å². The van der Waals surface area contributed by atoms with Crippen LogP contribution in [0.3, 0.4) is 0 Å². The van der Waals surface area contributed by atoms with E-state index >= 15 is 0 Å². The molecule has 32 heavy (non-hydrogen) atoms. The lowest BCUT2D eigenvalue weighted by Gasteiger charge is -2.18. The highest BCUT2D eigenvalue weighted by Gasteiger charge is 2.39. The number of nitrogens with zero attached hydrogens (tertiary/aromatic N) is 4. The van der Waals surface area contributed by atoms with Crippen molar-refractivity contribution in [1.29, 1.82) is 0 Å². The van der Waals surface area contributed by atoms with E-state index in [1.165, 1.54) is 14.2 Å². The SMILES string of the molecule is COc1cnc(OC)n2nc(-c3c(C(F)(F)F)ccc(S(N)(=O)=O)c3OCC(F)F)nc12. The monoisotopic (exact) mass is 483 g/mol. The topological polar surface area (TPSA) is 131 Å². The molecule has 174 valence electrons. The van der Waals surface area contributed by atoms with Crippen LogP contribution in [0.5, 0.6) is 17.5 Å². The Morgan fingerprint density at radius 2 is 1.88 bits per heavy atom. The van der Waals surface area contributed by atoms with Gasteiger partial charge in [-0.15, -0.1) is 5.10 Å². The lowest BCUT2D eigenvalue weighted by Crippen LogP contribution is -2.19. The Morgan fingerprint density at radius 3 is 2.41 bits per heavy atom. The summed E-state index contributed by atoms with van der Waals surface area (Å²) in [5.74, 6) is -1.82. The van der Waals surface area contributed by atoms with E-state index in [1.807, 2.05) is 0 Å². The molecule has 0 saturated carbocycles. The Kier molecular flexibility index (Phi) is 6.10. The van der Waals surface area contributed by atoms with Crippen LogP contribution >= 0.6 is 0 Å². The fraction of sp³-hybridized carbons (Fsp3) is 0.312. The maximum Gasteiger partial charge on any atom is 0.417 e. The number of nitrogens with two attached hydrogens (primary N) is 1. The molecule has 0 aliphatic heterocycles. The first-order chi connectivity index (χ1) is 14.9. The Labute approximate surface area is 176 Å². The van der Waals surface area contributed by atoms with Crippen molar-refractivity contribution in [2.24, 2.45) is 5.14 Å². The Balaban J connectivity index is 2.44. The standard InChI is InChI=1S/C16H14F5N5O5S/c1-29-8-5-23-15(30-2)26-14(8)24-13(25-26)11-7(16(19,20)21)3-4-9(32(22,27)28)12(11)31-6-10(17)18/h3-5,10H,6H2,1-2H3,(H2,22,27,28). The summed E-state index contributed by atoms with van der Waals surface area (Å²) in [6.45, 7) is -1.42. The van der Waals surface area contributed by atoms with Crippen molar-refractivity contribution in [1.82, 2.24) is 19.6 Å². The van der Waals surface area contributed by atoms with Gasteiger partial charge in [-0.05, 0) is 12.1 Å². The number of methoxy groups -OCH3 is 2. The van der Waals surface area contributed by atoms with Crippen molar-refractivity contribution in [3.8, 4) is 28.9 Å². The summed E-state index contributed by atoms with van der Waals surface area (Å²) in [5.41, 5.74) is -2.61. The van der Waals surface area contributed by atoms with E-state index in [-0.39, 0.29) is 17.4 Å². The van der Waals surface area contributed by atoms with Crippen LogP contribution in [-0.2, 0) is 16.2 Å².